The zero-order valence-electron chi connectivity index (χ0n) is 27.6. The van der Waals surface area contributed by atoms with Gasteiger partial charge in [-0.2, -0.15) is 0 Å². The van der Waals surface area contributed by atoms with Crippen LogP contribution in [0, 0.1) is 0 Å². The highest BCUT2D eigenvalue weighted by Gasteiger charge is 2.38. The van der Waals surface area contributed by atoms with Gasteiger partial charge in [0.05, 0.1) is 11.4 Å². The first-order chi connectivity index (χ1) is 24.0. The van der Waals surface area contributed by atoms with E-state index in [4.69, 9.17) is 9.97 Å². The molecule has 1 aliphatic carbocycles. The Morgan fingerprint density at radius 2 is 0.918 bits per heavy atom. The van der Waals surface area contributed by atoms with Gasteiger partial charge in [-0.05, 0) is 67.4 Å². The summed E-state index contributed by atoms with van der Waals surface area (Å²) in [5.41, 5.74) is 15.1. The van der Waals surface area contributed by atoms with Crippen LogP contribution in [0.5, 0.6) is 0 Å². The number of fused-ring (bicyclic) bond motifs is 5. The van der Waals surface area contributed by atoms with Gasteiger partial charge in [0.15, 0.2) is 5.82 Å². The summed E-state index contributed by atoms with van der Waals surface area (Å²) in [5.74, 6) is 0.713. The first kappa shape index (κ1) is 29.1. The molecule has 0 bridgehead atoms. The molecule has 0 saturated carbocycles. The Bertz CT molecular complexity index is 2480. The third-order valence-electron chi connectivity index (χ3n) is 10.1. The monoisotopic (exact) mass is 626 g/mol. The van der Waals surface area contributed by atoms with Gasteiger partial charge in [-0.25, -0.2) is 9.97 Å². The SMILES string of the molecule is CC1(C)c2ccccc2-c2c(-c3ccc(-c4nc(-c5ccccc5)cc(-c5ccc(-c6ccccc6)cc5)n4)cc3)cc3ccccc3c21. The first-order valence-corrected chi connectivity index (χ1v) is 16.9. The van der Waals surface area contributed by atoms with Crippen molar-refractivity contribution in [3.63, 3.8) is 0 Å². The molecule has 1 aromatic heterocycles. The Hall–Kier alpha value is -6.12. The summed E-state index contributed by atoms with van der Waals surface area (Å²) in [6, 6.07) is 60.5. The lowest BCUT2D eigenvalue weighted by Gasteiger charge is -2.24. The second-order valence-electron chi connectivity index (χ2n) is 13.4. The summed E-state index contributed by atoms with van der Waals surface area (Å²) >= 11 is 0. The summed E-state index contributed by atoms with van der Waals surface area (Å²) < 4.78 is 0. The van der Waals surface area contributed by atoms with Crippen molar-refractivity contribution in [2.45, 2.75) is 19.3 Å². The van der Waals surface area contributed by atoms with Gasteiger partial charge in [0.1, 0.15) is 0 Å². The van der Waals surface area contributed by atoms with Gasteiger partial charge in [-0.1, -0.05) is 172 Å². The highest BCUT2D eigenvalue weighted by Crippen LogP contribution is 2.54. The second-order valence-corrected chi connectivity index (χ2v) is 13.4. The maximum Gasteiger partial charge on any atom is 0.160 e. The topological polar surface area (TPSA) is 25.8 Å². The van der Waals surface area contributed by atoms with Gasteiger partial charge < -0.3 is 0 Å². The van der Waals surface area contributed by atoms with Crippen molar-refractivity contribution in [2.75, 3.05) is 0 Å². The van der Waals surface area contributed by atoms with Gasteiger partial charge in [-0.15, -0.1) is 0 Å². The summed E-state index contributed by atoms with van der Waals surface area (Å²) in [6.07, 6.45) is 0. The number of aromatic nitrogens is 2. The first-order valence-electron chi connectivity index (χ1n) is 16.9. The highest BCUT2D eigenvalue weighted by molar-refractivity contribution is 6.04. The number of hydrogen-bond donors (Lipinski definition) is 0. The van der Waals surface area contributed by atoms with Gasteiger partial charge in [0, 0.05) is 22.1 Å². The largest absolute Gasteiger partial charge is 0.228 e. The molecule has 232 valence electrons. The van der Waals surface area contributed by atoms with Crippen molar-refractivity contribution in [3.05, 3.63) is 181 Å². The minimum Gasteiger partial charge on any atom is -0.228 e. The molecule has 0 N–H and O–H groups in total. The number of hydrogen-bond acceptors (Lipinski definition) is 2. The fraction of sp³-hybridized carbons (Fsp3) is 0.0638. The average Bonchev–Trinajstić information content (AvgIpc) is 3.42. The molecule has 2 nitrogen and oxygen atoms in total. The Morgan fingerprint density at radius 3 is 1.63 bits per heavy atom. The third kappa shape index (κ3) is 4.96. The maximum atomic E-state index is 5.14. The molecule has 0 fully saturated rings. The lowest BCUT2D eigenvalue weighted by molar-refractivity contribution is 0.666. The van der Waals surface area contributed by atoms with Crippen molar-refractivity contribution in [2.24, 2.45) is 0 Å². The fourth-order valence-electron chi connectivity index (χ4n) is 7.63. The van der Waals surface area contributed by atoms with Crippen molar-refractivity contribution >= 4 is 10.8 Å². The van der Waals surface area contributed by atoms with Gasteiger partial charge >= 0.3 is 0 Å². The van der Waals surface area contributed by atoms with E-state index in [1.165, 1.54) is 55.3 Å². The Balaban J connectivity index is 1.16. The van der Waals surface area contributed by atoms with Crippen LogP contribution in [0.3, 0.4) is 0 Å². The number of nitrogens with zero attached hydrogens (tertiary/aromatic N) is 2. The van der Waals surface area contributed by atoms with Crippen molar-refractivity contribution < 1.29 is 0 Å². The summed E-state index contributed by atoms with van der Waals surface area (Å²) in [4.78, 5) is 10.2. The normalized spacial score (nSPS) is 12.9. The third-order valence-corrected chi connectivity index (χ3v) is 10.1. The lowest BCUT2D eigenvalue weighted by atomic mass is 9.79. The molecule has 9 rings (SSSR count). The van der Waals surface area contributed by atoms with E-state index in [-0.39, 0.29) is 5.41 Å². The molecule has 0 atom stereocenters. The number of rotatable bonds is 5. The molecule has 0 spiro atoms. The van der Waals surface area contributed by atoms with Crippen LogP contribution in [0.25, 0.3) is 78.1 Å². The average molecular weight is 627 g/mol. The molecule has 0 aliphatic heterocycles. The summed E-state index contributed by atoms with van der Waals surface area (Å²) in [5, 5.41) is 2.59. The second kappa shape index (κ2) is 11.5. The van der Waals surface area contributed by atoms with Gasteiger partial charge in [-0.3, -0.25) is 0 Å². The molecule has 0 radical (unpaired) electrons. The Morgan fingerprint density at radius 1 is 0.408 bits per heavy atom. The van der Waals surface area contributed by atoms with Crippen LogP contribution in [0.4, 0.5) is 0 Å². The van der Waals surface area contributed by atoms with E-state index < -0.39 is 0 Å². The van der Waals surface area contributed by atoms with Crippen LogP contribution >= 0.6 is 0 Å². The maximum absolute atomic E-state index is 5.14. The molecule has 8 aromatic rings. The zero-order valence-corrected chi connectivity index (χ0v) is 27.6. The van der Waals surface area contributed by atoms with Crippen LogP contribution < -0.4 is 0 Å². The van der Waals surface area contributed by atoms with E-state index in [1.54, 1.807) is 0 Å². The molecule has 0 saturated heterocycles. The molecular formula is C47H34N2. The van der Waals surface area contributed by atoms with Gasteiger partial charge in [0.2, 0.25) is 0 Å². The van der Waals surface area contributed by atoms with Crippen LogP contribution in [0.1, 0.15) is 25.0 Å². The quantitative estimate of drug-likeness (QED) is 0.190. The van der Waals surface area contributed by atoms with Crippen LogP contribution in [0.15, 0.2) is 170 Å². The standard InChI is InChI=1S/C47H34N2/c1-47(2)41-20-12-11-19-39(41)44-40(29-37-17-9-10-18-38(37)45(44)47)33-23-27-36(28-24-33)46-48-42(34-15-7-4-8-16-34)30-43(49-46)35-25-21-32(22-26-35)31-13-5-3-6-14-31/h3-30H,1-2H3. The predicted molar refractivity (Wildman–Crippen MR) is 204 cm³/mol. The predicted octanol–water partition coefficient (Wildman–Crippen LogP) is 12.3. The van der Waals surface area contributed by atoms with E-state index in [9.17, 15) is 0 Å². The van der Waals surface area contributed by atoms with E-state index in [1.807, 2.05) is 12.1 Å². The Kier molecular flexibility index (Phi) is 6.84. The fourth-order valence-corrected chi connectivity index (χ4v) is 7.63. The van der Waals surface area contributed by atoms with E-state index in [0.717, 1.165) is 28.1 Å². The summed E-state index contributed by atoms with van der Waals surface area (Å²) in [6.45, 7) is 4.72. The molecule has 0 unspecified atom stereocenters. The van der Waals surface area contributed by atoms with Crippen molar-refractivity contribution in [3.8, 4) is 67.3 Å². The minimum atomic E-state index is -0.0943. The molecule has 2 heteroatoms. The minimum absolute atomic E-state index is 0.0943. The van der Waals surface area contributed by atoms with Crippen LogP contribution in [-0.4, -0.2) is 9.97 Å². The summed E-state index contributed by atoms with van der Waals surface area (Å²) in [7, 11) is 0. The lowest BCUT2D eigenvalue weighted by Crippen LogP contribution is -2.15. The van der Waals surface area contributed by atoms with Crippen molar-refractivity contribution in [1.82, 2.24) is 9.97 Å². The molecule has 1 heterocycles. The molecule has 49 heavy (non-hydrogen) atoms. The van der Waals surface area contributed by atoms with Crippen LogP contribution in [0.2, 0.25) is 0 Å². The molecule has 7 aromatic carbocycles. The van der Waals surface area contributed by atoms with Gasteiger partial charge in [0.25, 0.3) is 0 Å². The zero-order chi connectivity index (χ0) is 33.0. The molecular weight excluding hydrogens is 593 g/mol. The van der Waals surface area contributed by atoms with E-state index in [0.29, 0.717) is 5.82 Å². The molecule has 0 amide bonds. The Labute approximate surface area is 287 Å². The van der Waals surface area contributed by atoms with E-state index >= 15 is 0 Å². The number of benzene rings is 7. The van der Waals surface area contributed by atoms with Crippen molar-refractivity contribution in [1.29, 1.82) is 0 Å². The van der Waals surface area contributed by atoms with E-state index in [2.05, 4.69) is 172 Å². The highest BCUT2D eigenvalue weighted by atomic mass is 14.9. The molecule has 1 aliphatic rings. The smallest absolute Gasteiger partial charge is 0.160 e. The van der Waals surface area contributed by atoms with Crippen LogP contribution in [-0.2, 0) is 5.41 Å².